The summed E-state index contributed by atoms with van der Waals surface area (Å²) in [6.45, 7) is 0. The molecule has 2 aromatic carbocycles. The number of nitrogens with zero attached hydrogens (tertiary/aromatic N) is 2. The Morgan fingerprint density at radius 2 is 1.80 bits per heavy atom. The lowest BCUT2D eigenvalue weighted by Crippen LogP contribution is -1.96. The van der Waals surface area contributed by atoms with Crippen molar-refractivity contribution in [1.29, 1.82) is 0 Å². The van der Waals surface area contributed by atoms with Crippen LogP contribution in [0.1, 0.15) is 12.0 Å². The van der Waals surface area contributed by atoms with Crippen LogP contribution in [0.25, 0.3) is 0 Å². The van der Waals surface area contributed by atoms with Crippen molar-refractivity contribution >= 4 is 17.6 Å². The molecular weight excluding hydrogens is 254 g/mol. The second-order valence-electron chi connectivity index (χ2n) is 4.22. The Kier molecular flexibility index (Phi) is 4.83. The van der Waals surface area contributed by atoms with Crippen LogP contribution in [-0.4, -0.2) is 11.1 Å². The van der Waals surface area contributed by atoms with Crippen LogP contribution in [0.5, 0.6) is 0 Å². The van der Waals surface area contributed by atoms with E-state index < -0.39 is 4.92 Å². The highest BCUT2D eigenvalue weighted by Gasteiger charge is 2.10. The van der Waals surface area contributed by atoms with E-state index in [4.69, 9.17) is 0 Å². The largest absolute Gasteiger partial charge is 0.294 e. The summed E-state index contributed by atoms with van der Waals surface area (Å²) in [7, 11) is 0. The summed E-state index contributed by atoms with van der Waals surface area (Å²) in [6.07, 6.45) is 3.39. The number of nitro groups is 1. The first-order chi connectivity index (χ1) is 9.77. The molecule has 0 saturated carbocycles. The van der Waals surface area contributed by atoms with Gasteiger partial charge in [-0.25, -0.2) is 0 Å². The van der Waals surface area contributed by atoms with Gasteiger partial charge in [-0.15, -0.1) is 0 Å². The van der Waals surface area contributed by atoms with Crippen molar-refractivity contribution in [2.75, 3.05) is 5.43 Å². The molecule has 0 heterocycles. The first-order valence-corrected chi connectivity index (χ1v) is 6.32. The van der Waals surface area contributed by atoms with Gasteiger partial charge in [-0.05, 0) is 24.5 Å². The van der Waals surface area contributed by atoms with E-state index in [9.17, 15) is 10.1 Å². The molecule has 20 heavy (non-hydrogen) atoms. The van der Waals surface area contributed by atoms with E-state index in [1.807, 2.05) is 18.2 Å². The molecule has 102 valence electrons. The fourth-order valence-electron chi connectivity index (χ4n) is 1.78. The summed E-state index contributed by atoms with van der Waals surface area (Å²) < 4.78 is 0. The Morgan fingerprint density at radius 1 is 1.10 bits per heavy atom. The van der Waals surface area contributed by atoms with Gasteiger partial charge >= 0.3 is 0 Å². The van der Waals surface area contributed by atoms with E-state index in [0.29, 0.717) is 5.69 Å². The number of anilines is 1. The van der Waals surface area contributed by atoms with Crippen molar-refractivity contribution in [2.24, 2.45) is 5.10 Å². The second kappa shape index (κ2) is 7.04. The summed E-state index contributed by atoms with van der Waals surface area (Å²) in [5.41, 5.74) is 4.37. The zero-order valence-corrected chi connectivity index (χ0v) is 10.9. The molecular formula is C15H15N3O2. The summed E-state index contributed by atoms with van der Waals surface area (Å²) in [6, 6.07) is 16.5. The van der Waals surface area contributed by atoms with Crippen molar-refractivity contribution in [3.63, 3.8) is 0 Å². The molecule has 0 aliphatic heterocycles. The van der Waals surface area contributed by atoms with Crippen LogP contribution in [0.4, 0.5) is 11.4 Å². The zero-order chi connectivity index (χ0) is 14.2. The Balaban J connectivity index is 1.86. The van der Waals surface area contributed by atoms with Crippen molar-refractivity contribution in [2.45, 2.75) is 12.8 Å². The van der Waals surface area contributed by atoms with E-state index in [0.717, 1.165) is 12.8 Å². The molecule has 0 unspecified atom stereocenters. The van der Waals surface area contributed by atoms with Crippen molar-refractivity contribution in [3.8, 4) is 0 Å². The highest BCUT2D eigenvalue weighted by atomic mass is 16.6. The first kappa shape index (κ1) is 13.7. The molecule has 2 aromatic rings. The molecule has 0 amide bonds. The molecule has 0 saturated heterocycles. The van der Waals surface area contributed by atoms with Crippen LogP contribution < -0.4 is 5.43 Å². The van der Waals surface area contributed by atoms with Gasteiger partial charge < -0.3 is 0 Å². The SMILES string of the molecule is O=[N+]([O-])c1ccccc1N/N=C\CCc1ccccc1. The monoisotopic (exact) mass is 269 g/mol. The van der Waals surface area contributed by atoms with Crippen molar-refractivity contribution < 1.29 is 4.92 Å². The predicted octanol–water partition coefficient (Wildman–Crippen LogP) is 3.63. The van der Waals surface area contributed by atoms with Crippen molar-refractivity contribution in [1.82, 2.24) is 0 Å². The Hall–Kier alpha value is -2.69. The van der Waals surface area contributed by atoms with Gasteiger partial charge in [0.2, 0.25) is 0 Å². The van der Waals surface area contributed by atoms with E-state index in [2.05, 4.69) is 22.7 Å². The van der Waals surface area contributed by atoms with Gasteiger partial charge in [0.1, 0.15) is 5.69 Å². The molecule has 2 rings (SSSR count). The third-order valence-corrected chi connectivity index (χ3v) is 2.78. The standard InChI is InChI=1S/C15H15N3O2/c19-18(20)15-11-5-4-10-14(15)17-16-12-6-9-13-7-2-1-3-8-13/h1-5,7-8,10-12,17H,6,9H2/b16-12-. The normalized spacial score (nSPS) is 10.6. The number of aryl methyl sites for hydroxylation is 1. The molecule has 0 aliphatic rings. The molecule has 5 nitrogen and oxygen atoms in total. The number of nitro benzene ring substituents is 1. The maximum Gasteiger partial charge on any atom is 0.294 e. The number of hydrogen-bond donors (Lipinski definition) is 1. The number of hydrogen-bond acceptors (Lipinski definition) is 4. The van der Waals surface area contributed by atoms with Gasteiger partial charge in [0, 0.05) is 12.3 Å². The van der Waals surface area contributed by atoms with Crippen LogP contribution in [0.15, 0.2) is 59.7 Å². The highest BCUT2D eigenvalue weighted by molar-refractivity contribution is 5.64. The Labute approximate surface area is 117 Å². The quantitative estimate of drug-likeness (QED) is 0.494. The fraction of sp³-hybridized carbons (Fsp3) is 0.133. The highest BCUT2D eigenvalue weighted by Crippen LogP contribution is 2.22. The molecule has 0 aliphatic carbocycles. The molecule has 0 fully saturated rings. The zero-order valence-electron chi connectivity index (χ0n) is 10.9. The van der Waals surface area contributed by atoms with E-state index in [1.165, 1.54) is 11.6 Å². The van der Waals surface area contributed by atoms with Crippen LogP contribution in [0, 0.1) is 10.1 Å². The summed E-state index contributed by atoms with van der Waals surface area (Å²) in [5.74, 6) is 0. The molecule has 1 N–H and O–H groups in total. The third-order valence-electron chi connectivity index (χ3n) is 2.78. The van der Waals surface area contributed by atoms with Gasteiger partial charge in [-0.3, -0.25) is 15.5 Å². The minimum atomic E-state index is -0.429. The van der Waals surface area contributed by atoms with Gasteiger partial charge in [0.15, 0.2) is 0 Å². The molecule has 0 aromatic heterocycles. The molecule has 0 spiro atoms. The van der Waals surface area contributed by atoms with Gasteiger partial charge in [0.25, 0.3) is 5.69 Å². The average Bonchev–Trinajstić information content (AvgIpc) is 2.48. The number of rotatable bonds is 6. The number of hydrazone groups is 1. The van der Waals surface area contributed by atoms with E-state index in [1.54, 1.807) is 24.4 Å². The Morgan fingerprint density at radius 3 is 2.55 bits per heavy atom. The van der Waals surface area contributed by atoms with E-state index in [-0.39, 0.29) is 5.69 Å². The maximum absolute atomic E-state index is 10.8. The minimum Gasteiger partial charge on any atom is -0.272 e. The fourth-order valence-corrected chi connectivity index (χ4v) is 1.78. The summed E-state index contributed by atoms with van der Waals surface area (Å²) in [5, 5.41) is 14.8. The number of benzene rings is 2. The molecule has 0 atom stereocenters. The second-order valence-corrected chi connectivity index (χ2v) is 4.22. The lowest BCUT2D eigenvalue weighted by atomic mass is 10.1. The lowest BCUT2D eigenvalue weighted by Gasteiger charge is -2.01. The number of para-hydroxylation sites is 2. The van der Waals surface area contributed by atoms with Crippen LogP contribution in [0.3, 0.4) is 0 Å². The lowest BCUT2D eigenvalue weighted by molar-refractivity contribution is -0.384. The van der Waals surface area contributed by atoms with Gasteiger partial charge in [-0.2, -0.15) is 5.10 Å². The van der Waals surface area contributed by atoms with E-state index >= 15 is 0 Å². The molecule has 0 radical (unpaired) electrons. The Bertz CT molecular complexity index is 597. The predicted molar refractivity (Wildman–Crippen MR) is 80.0 cm³/mol. The maximum atomic E-state index is 10.8. The van der Waals surface area contributed by atoms with Crippen molar-refractivity contribution in [3.05, 3.63) is 70.3 Å². The summed E-state index contributed by atoms with van der Waals surface area (Å²) in [4.78, 5) is 10.4. The van der Waals surface area contributed by atoms with Crippen LogP contribution >= 0.6 is 0 Å². The van der Waals surface area contributed by atoms with Gasteiger partial charge in [-0.1, -0.05) is 42.5 Å². The van der Waals surface area contributed by atoms with Gasteiger partial charge in [0.05, 0.1) is 4.92 Å². The molecule has 5 heteroatoms. The minimum absolute atomic E-state index is 0.0210. The van der Waals surface area contributed by atoms with Crippen LogP contribution in [-0.2, 0) is 6.42 Å². The third kappa shape index (κ3) is 3.91. The average molecular weight is 269 g/mol. The molecule has 0 bridgehead atoms. The number of nitrogens with one attached hydrogen (secondary N) is 1. The smallest absolute Gasteiger partial charge is 0.272 e. The first-order valence-electron chi connectivity index (χ1n) is 6.32. The van der Waals surface area contributed by atoms with Crippen LogP contribution in [0.2, 0.25) is 0 Å². The topological polar surface area (TPSA) is 67.5 Å². The summed E-state index contributed by atoms with van der Waals surface area (Å²) >= 11 is 0.